The molecule has 0 unspecified atom stereocenters. The predicted molar refractivity (Wildman–Crippen MR) is 94.8 cm³/mol. The summed E-state index contributed by atoms with van der Waals surface area (Å²) in [6.07, 6.45) is 0.200. The highest BCUT2D eigenvalue weighted by atomic mass is 19.1. The number of nitrogens with one attached hydrogen (secondary N) is 1. The van der Waals surface area contributed by atoms with Crippen LogP contribution in [-0.2, 0) is 4.79 Å². The molecular formula is C19H15FN4O3. The molecule has 0 radical (unpaired) electrons. The van der Waals surface area contributed by atoms with Gasteiger partial charge in [0.25, 0.3) is 5.91 Å². The van der Waals surface area contributed by atoms with Crippen LogP contribution in [0.25, 0.3) is 0 Å². The first-order chi connectivity index (χ1) is 13.1. The number of hydrogen-bond acceptors (Lipinski definition) is 5. The Morgan fingerprint density at radius 1 is 1.11 bits per heavy atom. The van der Waals surface area contributed by atoms with Gasteiger partial charge in [0.1, 0.15) is 5.82 Å². The van der Waals surface area contributed by atoms with Gasteiger partial charge in [0.2, 0.25) is 11.8 Å². The minimum absolute atomic E-state index is 0.0217. The van der Waals surface area contributed by atoms with Crippen molar-refractivity contribution in [3.8, 4) is 0 Å². The lowest BCUT2D eigenvalue weighted by atomic mass is 10.1. The van der Waals surface area contributed by atoms with E-state index < -0.39 is 0 Å². The standard InChI is InChI=1S/C19H15FN4O3/c20-14-6-8-15(9-7-14)24-11-13(10-16(24)25)18-22-23-19(27-18)21-17(26)12-4-2-1-3-5-12/h1-9,13H,10-11H2,(H,21,23,26)/t13-/m1/s1. The topological polar surface area (TPSA) is 88.3 Å². The number of anilines is 2. The van der Waals surface area contributed by atoms with Crippen LogP contribution in [0.3, 0.4) is 0 Å². The van der Waals surface area contributed by atoms with Gasteiger partial charge in [0.15, 0.2) is 0 Å². The first-order valence-electron chi connectivity index (χ1n) is 8.36. The maximum absolute atomic E-state index is 13.1. The van der Waals surface area contributed by atoms with Crippen LogP contribution in [0.15, 0.2) is 59.0 Å². The van der Waals surface area contributed by atoms with Gasteiger partial charge in [-0.05, 0) is 36.4 Å². The minimum atomic E-state index is -0.363. The molecule has 136 valence electrons. The van der Waals surface area contributed by atoms with E-state index in [9.17, 15) is 14.0 Å². The van der Waals surface area contributed by atoms with Crippen molar-refractivity contribution in [2.45, 2.75) is 12.3 Å². The van der Waals surface area contributed by atoms with E-state index in [0.717, 1.165) is 0 Å². The lowest BCUT2D eigenvalue weighted by Crippen LogP contribution is -2.24. The van der Waals surface area contributed by atoms with Crippen molar-refractivity contribution in [2.75, 3.05) is 16.8 Å². The Kier molecular flexibility index (Phi) is 4.37. The van der Waals surface area contributed by atoms with Crippen molar-refractivity contribution >= 4 is 23.5 Å². The van der Waals surface area contributed by atoms with Crippen LogP contribution < -0.4 is 10.2 Å². The summed E-state index contributed by atoms with van der Waals surface area (Å²) in [5, 5.41) is 10.3. The predicted octanol–water partition coefficient (Wildman–Crippen LogP) is 2.98. The molecule has 2 amide bonds. The molecule has 2 aromatic carbocycles. The fraction of sp³-hybridized carbons (Fsp3) is 0.158. The van der Waals surface area contributed by atoms with Crippen molar-refractivity contribution in [1.29, 1.82) is 0 Å². The number of aromatic nitrogens is 2. The molecule has 0 saturated carbocycles. The van der Waals surface area contributed by atoms with Crippen LogP contribution in [-0.4, -0.2) is 28.6 Å². The van der Waals surface area contributed by atoms with Gasteiger partial charge in [-0.3, -0.25) is 14.9 Å². The molecule has 27 heavy (non-hydrogen) atoms. The molecule has 4 rings (SSSR count). The summed E-state index contributed by atoms with van der Waals surface area (Å²) >= 11 is 0. The largest absolute Gasteiger partial charge is 0.407 e. The molecule has 8 heteroatoms. The second kappa shape index (κ2) is 6.99. The molecule has 1 aliphatic rings. The van der Waals surface area contributed by atoms with E-state index in [0.29, 0.717) is 17.8 Å². The molecular weight excluding hydrogens is 351 g/mol. The zero-order valence-corrected chi connectivity index (χ0v) is 14.1. The van der Waals surface area contributed by atoms with Gasteiger partial charge < -0.3 is 9.32 Å². The third kappa shape index (κ3) is 3.55. The molecule has 1 fully saturated rings. The summed E-state index contributed by atoms with van der Waals surface area (Å²) in [4.78, 5) is 26.0. The van der Waals surface area contributed by atoms with Crippen LogP contribution in [0.5, 0.6) is 0 Å². The summed E-state index contributed by atoms with van der Waals surface area (Å²) < 4.78 is 18.6. The summed E-state index contributed by atoms with van der Waals surface area (Å²) in [7, 11) is 0. The number of benzene rings is 2. The van der Waals surface area contributed by atoms with E-state index in [1.54, 1.807) is 41.3 Å². The fourth-order valence-corrected chi connectivity index (χ4v) is 2.95. The molecule has 1 N–H and O–H groups in total. The normalized spacial score (nSPS) is 16.6. The maximum Gasteiger partial charge on any atom is 0.322 e. The quantitative estimate of drug-likeness (QED) is 0.767. The van der Waals surface area contributed by atoms with Crippen LogP contribution in [0.2, 0.25) is 0 Å². The van der Waals surface area contributed by atoms with Crippen LogP contribution in [0.4, 0.5) is 16.1 Å². The molecule has 2 heterocycles. The monoisotopic (exact) mass is 366 g/mol. The van der Waals surface area contributed by atoms with E-state index in [1.807, 2.05) is 6.07 Å². The average molecular weight is 366 g/mol. The Morgan fingerprint density at radius 2 is 1.85 bits per heavy atom. The van der Waals surface area contributed by atoms with E-state index in [-0.39, 0.29) is 41.9 Å². The second-order valence-corrected chi connectivity index (χ2v) is 6.15. The lowest BCUT2D eigenvalue weighted by molar-refractivity contribution is -0.117. The summed E-state index contributed by atoms with van der Waals surface area (Å²) in [6.45, 7) is 0.346. The van der Waals surface area contributed by atoms with Gasteiger partial charge in [-0.25, -0.2) is 4.39 Å². The molecule has 1 aliphatic heterocycles. The van der Waals surface area contributed by atoms with Crippen LogP contribution in [0, 0.1) is 5.82 Å². The number of hydrogen-bond donors (Lipinski definition) is 1. The first kappa shape index (κ1) is 16.9. The minimum Gasteiger partial charge on any atom is -0.407 e. The summed E-state index contributed by atoms with van der Waals surface area (Å²) in [6, 6.07) is 14.3. The van der Waals surface area contributed by atoms with Crippen molar-refractivity contribution in [3.63, 3.8) is 0 Å². The number of amides is 2. The zero-order valence-electron chi connectivity index (χ0n) is 14.1. The summed E-state index contributed by atoms with van der Waals surface area (Å²) in [5.74, 6) is -0.854. The van der Waals surface area contributed by atoms with E-state index in [2.05, 4.69) is 15.5 Å². The summed E-state index contributed by atoms with van der Waals surface area (Å²) in [5.41, 5.74) is 1.08. The van der Waals surface area contributed by atoms with Gasteiger partial charge in [-0.2, -0.15) is 0 Å². The smallest absolute Gasteiger partial charge is 0.322 e. The van der Waals surface area contributed by atoms with Crippen molar-refractivity contribution in [1.82, 2.24) is 10.2 Å². The molecule has 0 bridgehead atoms. The highest BCUT2D eigenvalue weighted by Crippen LogP contribution is 2.31. The maximum atomic E-state index is 13.1. The molecule has 3 aromatic rings. The third-order valence-corrected chi connectivity index (χ3v) is 4.31. The number of carbonyl (C=O) groups excluding carboxylic acids is 2. The molecule has 0 aliphatic carbocycles. The number of carbonyl (C=O) groups is 2. The fourth-order valence-electron chi connectivity index (χ4n) is 2.95. The zero-order chi connectivity index (χ0) is 18.8. The highest BCUT2D eigenvalue weighted by Gasteiger charge is 2.35. The Morgan fingerprint density at radius 3 is 2.59 bits per heavy atom. The van der Waals surface area contributed by atoms with Gasteiger partial charge in [0, 0.05) is 24.2 Å². The van der Waals surface area contributed by atoms with Gasteiger partial charge in [-0.1, -0.05) is 23.3 Å². The third-order valence-electron chi connectivity index (χ3n) is 4.31. The Hall–Kier alpha value is -3.55. The average Bonchev–Trinajstić information content (AvgIpc) is 3.30. The first-order valence-corrected chi connectivity index (χ1v) is 8.36. The molecule has 1 atom stereocenters. The van der Waals surface area contributed by atoms with E-state index >= 15 is 0 Å². The van der Waals surface area contributed by atoms with Crippen LogP contribution in [0.1, 0.15) is 28.6 Å². The van der Waals surface area contributed by atoms with Gasteiger partial charge in [-0.15, -0.1) is 5.10 Å². The van der Waals surface area contributed by atoms with Crippen molar-refractivity contribution < 1.29 is 18.4 Å². The van der Waals surface area contributed by atoms with E-state index in [4.69, 9.17) is 4.42 Å². The van der Waals surface area contributed by atoms with Crippen molar-refractivity contribution in [3.05, 3.63) is 71.9 Å². The highest BCUT2D eigenvalue weighted by molar-refractivity contribution is 6.03. The second-order valence-electron chi connectivity index (χ2n) is 6.15. The SMILES string of the molecule is O=C(Nc1nnc([C@@H]2CC(=O)N(c3ccc(F)cc3)C2)o1)c1ccccc1. The number of halogens is 1. The Labute approximate surface area is 153 Å². The number of rotatable bonds is 4. The van der Waals surface area contributed by atoms with Gasteiger partial charge in [0.05, 0.1) is 5.92 Å². The molecule has 0 spiro atoms. The van der Waals surface area contributed by atoms with Crippen LogP contribution >= 0.6 is 0 Å². The van der Waals surface area contributed by atoms with Gasteiger partial charge >= 0.3 is 6.01 Å². The van der Waals surface area contributed by atoms with E-state index in [1.165, 1.54) is 12.1 Å². The molecule has 7 nitrogen and oxygen atoms in total. The molecule has 1 saturated heterocycles. The van der Waals surface area contributed by atoms with Crippen molar-refractivity contribution in [2.24, 2.45) is 0 Å². The molecule has 1 aromatic heterocycles. The Balaban J connectivity index is 1.45. The number of nitrogens with zero attached hydrogens (tertiary/aromatic N) is 3. The lowest BCUT2D eigenvalue weighted by Gasteiger charge is -2.15. The Bertz CT molecular complexity index is 972.